The van der Waals surface area contributed by atoms with Crippen LogP contribution in [0, 0.1) is 0 Å². The number of ether oxygens (including phenoxy) is 4. The summed E-state index contributed by atoms with van der Waals surface area (Å²) in [5.74, 6) is -0.428. The van der Waals surface area contributed by atoms with Gasteiger partial charge in [-0.3, -0.25) is 4.79 Å². The Balaban J connectivity index is 1.58. The molecule has 0 aliphatic rings. The number of hydrogen-bond acceptors (Lipinski definition) is 7. The second-order valence-corrected chi connectivity index (χ2v) is 6.35. The first-order valence-electron chi connectivity index (χ1n) is 9.31. The van der Waals surface area contributed by atoms with Crippen LogP contribution in [0.3, 0.4) is 0 Å². The lowest BCUT2D eigenvalue weighted by molar-refractivity contribution is 0.0471. The van der Waals surface area contributed by atoms with E-state index in [4.69, 9.17) is 18.9 Å². The number of Topliss-reactive ketones (excluding diaryl/α,β-unsaturated/α-hetero) is 1. The van der Waals surface area contributed by atoms with Crippen molar-refractivity contribution in [2.45, 2.75) is 0 Å². The minimum Gasteiger partial charge on any atom is -0.497 e. The second-order valence-electron chi connectivity index (χ2n) is 6.35. The van der Waals surface area contributed by atoms with Gasteiger partial charge in [0.2, 0.25) is 0 Å². The number of hydrogen-bond donors (Lipinski definition) is 0. The molecule has 0 bridgehead atoms. The third-order valence-corrected chi connectivity index (χ3v) is 4.35. The summed E-state index contributed by atoms with van der Waals surface area (Å²) in [4.78, 5) is 36.8. The molecular weight excluding hydrogens is 400 g/mol. The average molecular weight is 420 g/mol. The Morgan fingerprint density at radius 1 is 0.710 bits per heavy atom. The molecule has 0 fully saturated rings. The van der Waals surface area contributed by atoms with Crippen molar-refractivity contribution in [2.75, 3.05) is 20.8 Å². The van der Waals surface area contributed by atoms with Crippen molar-refractivity contribution in [3.8, 4) is 17.2 Å². The van der Waals surface area contributed by atoms with Gasteiger partial charge in [-0.2, -0.15) is 0 Å². The predicted octanol–water partition coefficient (Wildman–Crippen LogP) is 3.96. The van der Waals surface area contributed by atoms with Gasteiger partial charge in [-0.1, -0.05) is 18.2 Å². The van der Waals surface area contributed by atoms with E-state index in [9.17, 15) is 14.4 Å². The molecule has 0 saturated heterocycles. The van der Waals surface area contributed by atoms with E-state index in [2.05, 4.69) is 0 Å². The number of ketones is 1. The Bertz CT molecular complexity index is 1090. The SMILES string of the molecule is COc1cccc(C(=O)Oc2ccc(C(=O)COC(=O)c3ccccc3OC)cc2)c1. The minimum atomic E-state index is -0.658. The van der Waals surface area contributed by atoms with Crippen LogP contribution in [-0.4, -0.2) is 38.5 Å². The van der Waals surface area contributed by atoms with Crippen LogP contribution in [-0.2, 0) is 4.74 Å². The van der Waals surface area contributed by atoms with Crippen molar-refractivity contribution in [1.82, 2.24) is 0 Å². The molecule has 158 valence electrons. The molecule has 0 radical (unpaired) electrons. The van der Waals surface area contributed by atoms with Crippen LogP contribution in [0.1, 0.15) is 31.1 Å². The Labute approximate surface area is 179 Å². The molecule has 0 N–H and O–H groups in total. The largest absolute Gasteiger partial charge is 0.497 e. The van der Waals surface area contributed by atoms with Crippen LogP contribution in [0.4, 0.5) is 0 Å². The lowest BCUT2D eigenvalue weighted by Gasteiger charge is -2.09. The fourth-order valence-electron chi connectivity index (χ4n) is 2.73. The lowest BCUT2D eigenvalue weighted by atomic mass is 10.1. The van der Waals surface area contributed by atoms with E-state index in [1.165, 1.54) is 38.5 Å². The van der Waals surface area contributed by atoms with Gasteiger partial charge in [0, 0.05) is 5.56 Å². The van der Waals surface area contributed by atoms with E-state index in [1.807, 2.05) is 0 Å². The number of esters is 2. The van der Waals surface area contributed by atoms with Crippen molar-refractivity contribution < 1.29 is 33.3 Å². The smallest absolute Gasteiger partial charge is 0.343 e. The van der Waals surface area contributed by atoms with Gasteiger partial charge in [-0.15, -0.1) is 0 Å². The second kappa shape index (κ2) is 10.1. The van der Waals surface area contributed by atoms with Crippen molar-refractivity contribution in [1.29, 1.82) is 0 Å². The topological polar surface area (TPSA) is 88.1 Å². The normalized spacial score (nSPS) is 10.1. The van der Waals surface area contributed by atoms with Gasteiger partial charge in [-0.05, 0) is 54.6 Å². The number of carbonyl (C=O) groups is 3. The first-order valence-corrected chi connectivity index (χ1v) is 9.31. The van der Waals surface area contributed by atoms with E-state index >= 15 is 0 Å². The van der Waals surface area contributed by atoms with Crippen LogP contribution in [0.2, 0.25) is 0 Å². The van der Waals surface area contributed by atoms with Crippen molar-refractivity contribution >= 4 is 17.7 Å². The molecule has 31 heavy (non-hydrogen) atoms. The number of para-hydroxylation sites is 1. The Morgan fingerprint density at radius 2 is 1.45 bits per heavy atom. The summed E-state index contributed by atoms with van der Waals surface area (Å²) in [6.45, 7) is -0.431. The Kier molecular flexibility index (Phi) is 7.01. The third kappa shape index (κ3) is 5.48. The molecule has 0 aromatic heterocycles. The molecule has 3 rings (SSSR count). The molecule has 0 unspecified atom stereocenters. The number of benzene rings is 3. The van der Waals surface area contributed by atoms with Crippen LogP contribution >= 0.6 is 0 Å². The summed E-state index contributed by atoms with van der Waals surface area (Å²) in [5, 5.41) is 0. The number of carbonyl (C=O) groups excluding carboxylic acids is 3. The Hall–Kier alpha value is -4.13. The molecule has 7 heteroatoms. The maximum absolute atomic E-state index is 12.3. The van der Waals surface area contributed by atoms with Crippen LogP contribution in [0.15, 0.2) is 72.8 Å². The van der Waals surface area contributed by atoms with Crippen molar-refractivity contribution in [3.63, 3.8) is 0 Å². The molecule has 0 spiro atoms. The highest BCUT2D eigenvalue weighted by Gasteiger charge is 2.16. The van der Waals surface area contributed by atoms with E-state index < -0.39 is 24.3 Å². The number of methoxy groups -OCH3 is 2. The highest BCUT2D eigenvalue weighted by atomic mass is 16.5. The zero-order valence-corrected chi connectivity index (χ0v) is 17.0. The highest BCUT2D eigenvalue weighted by Crippen LogP contribution is 2.19. The first kappa shape index (κ1) is 21.6. The molecule has 0 heterocycles. The van der Waals surface area contributed by atoms with Gasteiger partial charge in [0.15, 0.2) is 12.4 Å². The monoisotopic (exact) mass is 420 g/mol. The van der Waals surface area contributed by atoms with E-state index in [0.717, 1.165) is 0 Å². The number of rotatable bonds is 8. The van der Waals surface area contributed by atoms with Gasteiger partial charge in [0.1, 0.15) is 22.8 Å². The van der Waals surface area contributed by atoms with E-state index in [-0.39, 0.29) is 11.3 Å². The molecule has 0 aliphatic heterocycles. The standard InChI is InChI=1S/C24H20O7/c1-28-19-7-5-6-17(14-19)23(26)31-18-12-10-16(11-13-18)21(25)15-30-24(27)20-8-3-4-9-22(20)29-2/h3-14H,15H2,1-2H3. The van der Waals surface area contributed by atoms with Gasteiger partial charge < -0.3 is 18.9 Å². The minimum absolute atomic E-state index is 0.234. The van der Waals surface area contributed by atoms with E-state index in [1.54, 1.807) is 48.5 Å². The van der Waals surface area contributed by atoms with Gasteiger partial charge >= 0.3 is 11.9 Å². The Morgan fingerprint density at radius 3 is 2.16 bits per heavy atom. The summed E-state index contributed by atoms with van der Waals surface area (Å²) in [6.07, 6.45) is 0. The summed E-state index contributed by atoms with van der Waals surface area (Å²) in [6, 6.07) is 19.1. The first-order chi connectivity index (χ1) is 15.0. The molecule has 0 atom stereocenters. The molecule has 3 aromatic carbocycles. The maximum atomic E-state index is 12.3. The fourth-order valence-corrected chi connectivity index (χ4v) is 2.73. The zero-order chi connectivity index (χ0) is 22.2. The van der Waals surface area contributed by atoms with Crippen molar-refractivity contribution in [3.05, 3.63) is 89.5 Å². The quantitative estimate of drug-likeness (QED) is 0.310. The fraction of sp³-hybridized carbons (Fsp3) is 0.125. The summed E-state index contributed by atoms with van der Waals surface area (Å²) < 4.78 is 20.6. The molecule has 3 aromatic rings. The summed E-state index contributed by atoms with van der Waals surface area (Å²) in [5.41, 5.74) is 0.884. The average Bonchev–Trinajstić information content (AvgIpc) is 2.82. The zero-order valence-electron chi connectivity index (χ0n) is 17.0. The van der Waals surface area contributed by atoms with Crippen LogP contribution in [0.25, 0.3) is 0 Å². The summed E-state index contributed by atoms with van der Waals surface area (Å²) in [7, 11) is 2.95. The van der Waals surface area contributed by atoms with Crippen LogP contribution < -0.4 is 14.2 Å². The summed E-state index contributed by atoms with van der Waals surface area (Å²) >= 11 is 0. The lowest BCUT2D eigenvalue weighted by Crippen LogP contribution is -2.15. The van der Waals surface area contributed by atoms with Gasteiger partial charge in [-0.25, -0.2) is 9.59 Å². The molecule has 7 nitrogen and oxygen atoms in total. The van der Waals surface area contributed by atoms with Gasteiger partial charge in [0.25, 0.3) is 0 Å². The van der Waals surface area contributed by atoms with Gasteiger partial charge in [0.05, 0.1) is 19.8 Å². The molecule has 0 aliphatic carbocycles. The third-order valence-electron chi connectivity index (χ3n) is 4.35. The maximum Gasteiger partial charge on any atom is 0.343 e. The predicted molar refractivity (Wildman–Crippen MR) is 112 cm³/mol. The van der Waals surface area contributed by atoms with Crippen molar-refractivity contribution in [2.24, 2.45) is 0 Å². The van der Waals surface area contributed by atoms with Crippen LogP contribution in [0.5, 0.6) is 17.2 Å². The molecular formula is C24H20O7. The molecule has 0 amide bonds. The molecule has 0 saturated carbocycles. The van der Waals surface area contributed by atoms with E-state index in [0.29, 0.717) is 22.6 Å². The highest BCUT2D eigenvalue weighted by molar-refractivity contribution is 6.00.